The first-order valence-corrected chi connectivity index (χ1v) is 9.51. The second-order valence-electron chi connectivity index (χ2n) is 7.03. The topological polar surface area (TPSA) is 81.8 Å². The lowest BCUT2D eigenvalue weighted by Crippen LogP contribution is -2.27. The Balaban J connectivity index is 1.45. The van der Waals surface area contributed by atoms with Crippen LogP contribution in [0, 0.1) is 12.7 Å². The highest BCUT2D eigenvalue weighted by Crippen LogP contribution is 2.09. The third-order valence-corrected chi connectivity index (χ3v) is 4.77. The average Bonchev–Trinajstić information content (AvgIpc) is 3.14. The smallest absolute Gasteiger partial charge is 0.264 e. The van der Waals surface area contributed by atoms with Crippen molar-refractivity contribution in [3.05, 3.63) is 93.9 Å². The standard InChI is InChI=1S/C22H20FN5O2/c1-15-3-2-4-16(11-15)13-27-14-25-20-19(22(27)30)12-26-28(20)10-9-24-21(29)17-5-7-18(23)8-6-17/h2-8,11-12,14H,9-10,13H2,1H3,(H,24,29). The summed E-state index contributed by atoms with van der Waals surface area (Å²) in [6.07, 6.45) is 3.02. The van der Waals surface area contributed by atoms with Crippen molar-refractivity contribution in [3.8, 4) is 0 Å². The first kappa shape index (κ1) is 19.5. The number of benzene rings is 2. The fourth-order valence-corrected chi connectivity index (χ4v) is 3.26. The quantitative estimate of drug-likeness (QED) is 0.534. The maximum Gasteiger partial charge on any atom is 0.264 e. The Labute approximate surface area is 171 Å². The first-order valence-electron chi connectivity index (χ1n) is 9.51. The molecule has 30 heavy (non-hydrogen) atoms. The van der Waals surface area contributed by atoms with Gasteiger partial charge in [-0.2, -0.15) is 5.10 Å². The van der Waals surface area contributed by atoms with Crippen LogP contribution in [0.4, 0.5) is 4.39 Å². The maximum atomic E-state index is 13.0. The lowest BCUT2D eigenvalue weighted by Gasteiger charge is -2.08. The van der Waals surface area contributed by atoms with E-state index in [1.54, 1.807) is 9.25 Å². The van der Waals surface area contributed by atoms with E-state index in [1.165, 1.54) is 36.8 Å². The van der Waals surface area contributed by atoms with Gasteiger partial charge < -0.3 is 5.32 Å². The predicted molar refractivity (Wildman–Crippen MR) is 111 cm³/mol. The predicted octanol–water partition coefficient (Wildman–Crippen LogP) is 2.52. The van der Waals surface area contributed by atoms with Crippen molar-refractivity contribution < 1.29 is 9.18 Å². The zero-order valence-corrected chi connectivity index (χ0v) is 16.4. The van der Waals surface area contributed by atoms with Gasteiger partial charge >= 0.3 is 0 Å². The van der Waals surface area contributed by atoms with Crippen LogP contribution in [0.2, 0.25) is 0 Å². The van der Waals surface area contributed by atoms with Gasteiger partial charge in [0.1, 0.15) is 17.5 Å². The number of aromatic nitrogens is 4. The third-order valence-electron chi connectivity index (χ3n) is 4.77. The monoisotopic (exact) mass is 405 g/mol. The molecule has 0 bridgehead atoms. The van der Waals surface area contributed by atoms with Crippen molar-refractivity contribution in [1.29, 1.82) is 0 Å². The van der Waals surface area contributed by atoms with Gasteiger partial charge in [0.05, 0.1) is 19.3 Å². The summed E-state index contributed by atoms with van der Waals surface area (Å²) in [6, 6.07) is 13.3. The van der Waals surface area contributed by atoms with Crippen LogP contribution in [0.15, 0.2) is 65.8 Å². The largest absolute Gasteiger partial charge is 0.350 e. The third kappa shape index (κ3) is 4.12. The second kappa shape index (κ2) is 8.28. The molecule has 0 fully saturated rings. The average molecular weight is 405 g/mol. The van der Waals surface area contributed by atoms with Crippen molar-refractivity contribution >= 4 is 16.9 Å². The number of fused-ring (bicyclic) bond motifs is 1. The van der Waals surface area contributed by atoms with Crippen molar-refractivity contribution in [3.63, 3.8) is 0 Å². The molecule has 2 aromatic heterocycles. The van der Waals surface area contributed by atoms with Gasteiger partial charge in [0.15, 0.2) is 5.65 Å². The van der Waals surface area contributed by atoms with E-state index in [4.69, 9.17) is 0 Å². The molecule has 0 saturated carbocycles. The molecule has 0 radical (unpaired) electrons. The molecule has 2 aromatic carbocycles. The van der Waals surface area contributed by atoms with E-state index in [0.717, 1.165) is 11.1 Å². The van der Waals surface area contributed by atoms with E-state index < -0.39 is 5.82 Å². The Bertz CT molecular complexity index is 1260. The minimum atomic E-state index is -0.395. The molecule has 0 atom stereocenters. The fraction of sp³-hybridized carbons (Fsp3) is 0.182. The number of carbonyl (C=O) groups excluding carboxylic acids is 1. The van der Waals surface area contributed by atoms with E-state index in [2.05, 4.69) is 15.4 Å². The van der Waals surface area contributed by atoms with E-state index in [0.29, 0.717) is 36.2 Å². The van der Waals surface area contributed by atoms with Gasteiger partial charge in [0.25, 0.3) is 11.5 Å². The number of halogens is 1. The molecule has 0 spiro atoms. The summed E-state index contributed by atoms with van der Waals surface area (Å²) in [5, 5.41) is 7.42. The molecule has 8 heteroatoms. The Morgan fingerprint density at radius 3 is 2.73 bits per heavy atom. The van der Waals surface area contributed by atoms with E-state index in [1.807, 2.05) is 31.2 Å². The Morgan fingerprint density at radius 1 is 1.17 bits per heavy atom. The minimum absolute atomic E-state index is 0.164. The molecule has 1 amide bonds. The molecule has 4 rings (SSSR count). The summed E-state index contributed by atoms with van der Waals surface area (Å²) in [6.45, 7) is 3.08. The number of amides is 1. The lowest BCUT2D eigenvalue weighted by atomic mass is 10.1. The van der Waals surface area contributed by atoms with Gasteiger partial charge in [0.2, 0.25) is 0 Å². The van der Waals surface area contributed by atoms with Crippen LogP contribution in [-0.4, -0.2) is 31.8 Å². The number of rotatable bonds is 6. The van der Waals surface area contributed by atoms with Crippen molar-refractivity contribution in [1.82, 2.24) is 24.6 Å². The highest BCUT2D eigenvalue weighted by Gasteiger charge is 2.11. The van der Waals surface area contributed by atoms with Gasteiger partial charge in [-0.1, -0.05) is 29.8 Å². The van der Waals surface area contributed by atoms with Crippen LogP contribution < -0.4 is 10.9 Å². The molecule has 0 unspecified atom stereocenters. The van der Waals surface area contributed by atoms with Crippen LogP contribution in [0.25, 0.3) is 11.0 Å². The van der Waals surface area contributed by atoms with Gasteiger partial charge in [-0.25, -0.2) is 14.1 Å². The summed E-state index contributed by atoms with van der Waals surface area (Å²) in [5.41, 5.74) is 2.83. The molecular weight excluding hydrogens is 385 g/mol. The Morgan fingerprint density at radius 2 is 1.97 bits per heavy atom. The molecule has 1 N–H and O–H groups in total. The van der Waals surface area contributed by atoms with Crippen LogP contribution in [0.5, 0.6) is 0 Å². The Hall–Kier alpha value is -3.81. The van der Waals surface area contributed by atoms with Crippen LogP contribution >= 0.6 is 0 Å². The van der Waals surface area contributed by atoms with Crippen LogP contribution in [-0.2, 0) is 13.1 Å². The minimum Gasteiger partial charge on any atom is -0.350 e. The normalized spacial score (nSPS) is 11.0. The molecule has 7 nitrogen and oxygen atoms in total. The van der Waals surface area contributed by atoms with E-state index in [-0.39, 0.29) is 11.5 Å². The number of carbonyl (C=O) groups is 1. The molecule has 0 aliphatic rings. The van der Waals surface area contributed by atoms with Gasteiger partial charge in [-0.3, -0.25) is 14.2 Å². The second-order valence-corrected chi connectivity index (χ2v) is 7.03. The number of nitrogens with one attached hydrogen (secondary N) is 1. The molecule has 0 saturated heterocycles. The number of hydrogen-bond acceptors (Lipinski definition) is 4. The van der Waals surface area contributed by atoms with Gasteiger partial charge in [-0.05, 0) is 36.8 Å². The summed E-state index contributed by atoms with van der Waals surface area (Å²) in [7, 11) is 0. The van der Waals surface area contributed by atoms with Gasteiger partial charge in [-0.15, -0.1) is 0 Å². The molecular formula is C22H20FN5O2. The van der Waals surface area contributed by atoms with Gasteiger partial charge in [0, 0.05) is 12.1 Å². The molecule has 0 aliphatic carbocycles. The first-order chi connectivity index (χ1) is 14.5. The summed E-state index contributed by atoms with van der Waals surface area (Å²) in [4.78, 5) is 29.3. The molecule has 0 aliphatic heterocycles. The maximum absolute atomic E-state index is 13.0. The highest BCUT2D eigenvalue weighted by atomic mass is 19.1. The molecule has 4 aromatic rings. The SMILES string of the molecule is Cc1cccc(Cn2cnc3c(cnn3CCNC(=O)c3ccc(F)cc3)c2=O)c1. The van der Waals surface area contributed by atoms with Crippen molar-refractivity contribution in [2.24, 2.45) is 0 Å². The molecule has 2 heterocycles. The van der Waals surface area contributed by atoms with E-state index in [9.17, 15) is 14.0 Å². The summed E-state index contributed by atoms with van der Waals surface area (Å²) in [5.74, 6) is -0.700. The van der Waals surface area contributed by atoms with Crippen molar-refractivity contribution in [2.75, 3.05) is 6.54 Å². The number of nitrogens with zero attached hydrogens (tertiary/aromatic N) is 4. The number of aryl methyl sites for hydroxylation is 1. The summed E-state index contributed by atoms with van der Waals surface area (Å²) < 4.78 is 16.1. The highest BCUT2D eigenvalue weighted by molar-refractivity contribution is 5.94. The van der Waals surface area contributed by atoms with E-state index >= 15 is 0 Å². The van der Waals surface area contributed by atoms with Crippen molar-refractivity contribution in [2.45, 2.75) is 20.0 Å². The molecule has 152 valence electrons. The summed E-state index contributed by atoms with van der Waals surface area (Å²) >= 11 is 0. The number of hydrogen-bond donors (Lipinski definition) is 1. The lowest BCUT2D eigenvalue weighted by molar-refractivity contribution is 0.0952. The van der Waals surface area contributed by atoms with Crippen LogP contribution in [0.1, 0.15) is 21.5 Å². The van der Waals surface area contributed by atoms with Crippen LogP contribution in [0.3, 0.4) is 0 Å². The Kier molecular flexibility index (Phi) is 5.38. The fourth-order valence-electron chi connectivity index (χ4n) is 3.26. The zero-order chi connectivity index (χ0) is 21.1. The zero-order valence-electron chi connectivity index (χ0n) is 16.4.